The van der Waals surface area contributed by atoms with Gasteiger partial charge in [-0.15, -0.1) is 0 Å². The average molecular weight is 1340 g/mol. The summed E-state index contributed by atoms with van der Waals surface area (Å²) in [5.41, 5.74) is 0. The number of nitrogens with zero attached hydrogens (tertiary/aromatic N) is 1. The number of ether oxygens (including phenoxy) is 8. The zero-order valence-corrected chi connectivity index (χ0v) is 50.3. The Kier molecular flexibility index (Phi) is 40.2. The van der Waals surface area contributed by atoms with Crippen molar-refractivity contribution in [2.24, 2.45) is 11.8 Å². The van der Waals surface area contributed by atoms with Crippen molar-refractivity contribution in [2.45, 2.75) is 261 Å². The van der Waals surface area contributed by atoms with Crippen LogP contribution in [0, 0.1) is 11.8 Å². The highest BCUT2D eigenvalue weighted by Crippen LogP contribution is 2.42. The van der Waals surface area contributed by atoms with E-state index in [0.29, 0.717) is 6.54 Å². The number of carbonyl (C=O) groups excluding carboxylic acids is 3. The Morgan fingerprint density at radius 3 is 1.03 bits per heavy atom. The third-order valence-electron chi connectivity index (χ3n) is 14.4. The first-order valence-electron chi connectivity index (χ1n) is 30.5. The van der Waals surface area contributed by atoms with Gasteiger partial charge in [-0.05, 0) is 116 Å². The number of hydrogen-bond donors (Lipinski definition) is 0. The number of alkyl halides is 20. The first-order valence-corrected chi connectivity index (χ1v) is 30.5. The second kappa shape index (κ2) is 42.8. The summed E-state index contributed by atoms with van der Waals surface area (Å²) in [6.07, 6.45) is -28.1. The van der Waals surface area contributed by atoms with Crippen LogP contribution >= 0.6 is 0 Å². The fourth-order valence-electron chi connectivity index (χ4n) is 8.93. The monoisotopic (exact) mass is 1340 g/mol. The van der Waals surface area contributed by atoms with Crippen LogP contribution in [0.5, 0.6) is 0 Å². The molecule has 1 aliphatic heterocycles. The zero-order chi connectivity index (χ0) is 67.3. The quantitative estimate of drug-likeness (QED) is 0.0189. The molecule has 0 amide bonds. The van der Waals surface area contributed by atoms with Crippen LogP contribution in [0.25, 0.3) is 0 Å². The third-order valence-corrected chi connectivity index (χ3v) is 14.4. The van der Waals surface area contributed by atoms with Gasteiger partial charge in [0.1, 0.15) is 19.8 Å². The lowest BCUT2D eigenvalue weighted by molar-refractivity contribution is -0.284. The molecule has 528 valence electrons. The minimum atomic E-state index is -5.68. The molecular weight excluding hydrogens is 1250 g/mol. The molecule has 0 aromatic heterocycles. The van der Waals surface area contributed by atoms with Crippen LogP contribution in [0.3, 0.4) is 0 Å². The minimum absolute atomic E-state index is 0.00986. The van der Waals surface area contributed by atoms with Gasteiger partial charge in [-0.1, -0.05) is 58.3 Å². The smallest absolute Gasteiger partial charge is 0.465 e. The molecule has 0 radical (unpaired) electrons. The topological polar surface area (TPSA) is 128 Å². The Bertz CT molecular complexity index is 1690. The van der Waals surface area contributed by atoms with Gasteiger partial charge in [-0.3, -0.25) is 9.59 Å². The lowest BCUT2D eigenvalue weighted by Gasteiger charge is -2.31. The van der Waals surface area contributed by atoms with E-state index < -0.39 is 156 Å². The fourth-order valence-corrected chi connectivity index (χ4v) is 8.93. The maximum Gasteiger partial charge on any atom is 0.508 e. The summed E-state index contributed by atoms with van der Waals surface area (Å²) >= 11 is 0. The first-order chi connectivity index (χ1) is 41.4. The van der Waals surface area contributed by atoms with Gasteiger partial charge >= 0.3 is 66.5 Å². The molecule has 0 bridgehead atoms. The van der Waals surface area contributed by atoms with Crippen LogP contribution < -0.4 is 0 Å². The van der Waals surface area contributed by atoms with Crippen LogP contribution in [-0.4, -0.2) is 156 Å². The van der Waals surface area contributed by atoms with E-state index >= 15 is 0 Å². The van der Waals surface area contributed by atoms with Gasteiger partial charge < -0.3 is 42.8 Å². The van der Waals surface area contributed by atoms with Gasteiger partial charge in [0, 0.05) is 77.4 Å². The molecular formula is C57H89F20NO11. The molecule has 1 unspecified atom stereocenters. The summed E-state index contributed by atoms with van der Waals surface area (Å²) in [7, 11) is 0. The number of halogens is 20. The molecule has 12 nitrogen and oxygen atoms in total. The molecule has 1 saturated heterocycles. The Balaban J connectivity index is 2.86. The summed E-state index contributed by atoms with van der Waals surface area (Å²) in [6, 6.07) is 0. The number of rotatable bonds is 51. The maximum absolute atomic E-state index is 13.3. The highest BCUT2D eigenvalue weighted by molar-refractivity contribution is 5.69. The molecule has 89 heavy (non-hydrogen) atoms. The molecule has 0 saturated carbocycles. The average Bonchev–Trinajstić information content (AvgIpc) is 1.84. The van der Waals surface area contributed by atoms with E-state index in [2.05, 4.69) is 4.90 Å². The second-order valence-electron chi connectivity index (χ2n) is 22.3. The lowest BCUT2D eigenvalue weighted by atomic mass is 9.99. The number of unbranched alkanes of at least 4 members (excludes halogenated alkanes) is 14. The van der Waals surface area contributed by atoms with E-state index in [1.54, 1.807) is 0 Å². The van der Waals surface area contributed by atoms with Gasteiger partial charge in [0.2, 0.25) is 0 Å². The Morgan fingerprint density at radius 1 is 0.404 bits per heavy atom. The summed E-state index contributed by atoms with van der Waals surface area (Å²) < 4.78 is 301. The van der Waals surface area contributed by atoms with E-state index in [1.807, 2.05) is 6.92 Å². The van der Waals surface area contributed by atoms with Crippen molar-refractivity contribution in [1.29, 1.82) is 0 Å². The van der Waals surface area contributed by atoms with Crippen molar-refractivity contribution in [3.05, 3.63) is 0 Å². The molecule has 1 fully saturated rings. The molecule has 0 aromatic rings. The van der Waals surface area contributed by atoms with Crippen molar-refractivity contribution >= 4 is 18.1 Å². The molecule has 1 heterocycles. The van der Waals surface area contributed by atoms with E-state index in [1.165, 1.54) is 0 Å². The van der Waals surface area contributed by atoms with Crippen LogP contribution in [0.2, 0.25) is 0 Å². The van der Waals surface area contributed by atoms with Gasteiger partial charge in [0.05, 0.1) is 12.5 Å². The first kappa shape index (κ1) is 83.6. The highest BCUT2D eigenvalue weighted by atomic mass is 19.4. The highest BCUT2D eigenvalue weighted by Gasteiger charge is 2.59. The summed E-state index contributed by atoms with van der Waals surface area (Å²) in [4.78, 5) is 40.8. The van der Waals surface area contributed by atoms with Crippen molar-refractivity contribution in [1.82, 2.24) is 4.90 Å². The van der Waals surface area contributed by atoms with Gasteiger partial charge in [-0.2, -0.15) is 87.8 Å². The van der Waals surface area contributed by atoms with Crippen LogP contribution in [0.1, 0.15) is 200 Å². The van der Waals surface area contributed by atoms with Crippen molar-refractivity contribution in [3.63, 3.8) is 0 Å². The predicted octanol–water partition coefficient (Wildman–Crippen LogP) is 18.0. The molecule has 0 aliphatic carbocycles. The molecule has 0 aromatic carbocycles. The standard InChI is InChI=1S/C57H89F20NO11/c1-2-78-33-23-24-43(38-78)39-88-49(81)89-42-44(40-86-45(79)25-11-13-27-47(82-34-19-7-3-15-29-50(58,59)54(66,67)68)83-35-20-8-4-16-30-51(60,61)55(69,70)71)41-87-46(80)26-12-14-28-48(84-36-21-9-5-17-31-52(62,63)56(72,73)74)85-37-22-10-6-18-32-53(64,65)57(75,76)77/h43-44,47-48H,2-42H2,1H3. The summed E-state index contributed by atoms with van der Waals surface area (Å²) in [5.74, 6) is -21.6. The summed E-state index contributed by atoms with van der Waals surface area (Å²) in [6.45, 7) is 3.24. The number of carbonyl (C=O) groups is 3. The SMILES string of the molecule is CCN1CCCC(COC(=O)OCC(COC(=O)CCCCC(OCCCCCCC(F)(F)C(F)(F)F)OCCCCCCC(F)(F)C(F)(F)F)COC(=O)CCCCC(OCCCCCCC(F)(F)C(F)(F)F)OCCCCCCC(F)(F)C(F)(F)F)C1. The van der Waals surface area contributed by atoms with Gasteiger partial charge in [-0.25, -0.2) is 4.79 Å². The lowest BCUT2D eigenvalue weighted by Crippen LogP contribution is -2.37. The molecule has 0 N–H and O–H groups in total. The van der Waals surface area contributed by atoms with E-state index in [-0.39, 0.29) is 167 Å². The van der Waals surface area contributed by atoms with Crippen molar-refractivity contribution in [3.8, 4) is 0 Å². The Labute approximate surface area is 507 Å². The number of likely N-dealkylation sites (tertiary alicyclic amines) is 1. The predicted molar refractivity (Wildman–Crippen MR) is 282 cm³/mol. The Morgan fingerprint density at radius 2 is 0.719 bits per heavy atom. The van der Waals surface area contributed by atoms with Crippen LogP contribution in [0.15, 0.2) is 0 Å². The third kappa shape index (κ3) is 38.4. The molecule has 1 rings (SSSR count). The van der Waals surface area contributed by atoms with E-state index in [9.17, 15) is 102 Å². The molecule has 1 atom stereocenters. The number of piperidine rings is 1. The fraction of sp³-hybridized carbons (Fsp3) is 0.947. The molecule has 32 heteroatoms. The Hall–Kier alpha value is -3.39. The maximum atomic E-state index is 13.3. The number of hydrogen-bond acceptors (Lipinski definition) is 12. The zero-order valence-electron chi connectivity index (χ0n) is 50.3. The second-order valence-corrected chi connectivity index (χ2v) is 22.3. The van der Waals surface area contributed by atoms with Gasteiger partial charge in [0.15, 0.2) is 12.6 Å². The van der Waals surface area contributed by atoms with Crippen LogP contribution in [-0.2, 0) is 47.5 Å². The molecule has 0 spiro atoms. The van der Waals surface area contributed by atoms with E-state index in [4.69, 9.17) is 37.9 Å². The summed E-state index contributed by atoms with van der Waals surface area (Å²) in [5, 5.41) is 0. The van der Waals surface area contributed by atoms with Crippen molar-refractivity contribution < 1.29 is 140 Å². The van der Waals surface area contributed by atoms with Crippen LogP contribution in [0.4, 0.5) is 92.6 Å². The molecule has 1 aliphatic rings. The normalized spacial score (nSPS) is 15.4. The largest absolute Gasteiger partial charge is 0.508 e. The van der Waals surface area contributed by atoms with E-state index in [0.717, 1.165) is 25.9 Å². The van der Waals surface area contributed by atoms with Crippen molar-refractivity contribution in [2.75, 3.05) is 72.5 Å². The van der Waals surface area contributed by atoms with Gasteiger partial charge in [0.25, 0.3) is 0 Å². The number of esters is 2. The minimum Gasteiger partial charge on any atom is -0.465 e.